The Morgan fingerprint density at radius 1 is 1.19 bits per heavy atom. The molecule has 1 aromatic carbocycles. The van der Waals surface area contributed by atoms with Crippen LogP contribution in [0.25, 0.3) is 0 Å². The molecule has 0 aliphatic rings. The third-order valence-electron chi connectivity index (χ3n) is 2.56. The summed E-state index contributed by atoms with van der Waals surface area (Å²) in [6, 6.07) is 5.06. The lowest BCUT2D eigenvalue weighted by Crippen LogP contribution is -2.04. The van der Waals surface area contributed by atoms with Gasteiger partial charge >= 0.3 is 0 Å². The Morgan fingerprint density at radius 2 is 1.95 bits per heavy atom. The quantitative estimate of drug-likeness (QED) is 0.687. The molecule has 4 nitrogen and oxygen atoms in total. The summed E-state index contributed by atoms with van der Waals surface area (Å²) < 4.78 is 6.43. The number of benzene rings is 1. The second kappa shape index (κ2) is 7.29. The minimum Gasteiger partial charge on any atom is -0.437 e. The summed E-state index contributed by atoms with van der Waals surface area (Å²) in [5, 5.41) is 4.17. The van der Waals surface area contributed by atoms with Crippen molar-refractivity contribution in [1.29, 1.82) is 0 Å². The molecule has 0 aliphatic carbocycles. The molecule has 1 N–H and O–H groups in total. The van der Waals surface area contributed by atoms with E-state index in [2.05, 4.69) is 38.1 Å². The maximum atomic E-state index is 6.14. The Labute approximate surface area is 142 Å². The van der Waals surface area contributed by atoms with Gasteiger partial charge in [0.1, 0.15) is 17.4 Å². The number of aromatic nitrogens is 2. The average molecular weight is 391 g/mol. The Bertz CT molecular complexity index is 652. The van der Waals surface area contributed by atoms with Crippen molar-refractivity contribution in [1.82, 2.24) is 9.97 Å². The molecular weight excluding hydrogens is 377 g/mol. The van der Waals surface area contributed by atoms with Crippen molar-refractivity contribution in [2.24, 2.45) is 0 Å². The van der Waals surface area contributed by atoms with Crippen molar-refractivity contribution in [3.8, 4) is 11.6 Å². The van der Waals surface area contributed by atoms with Crippen molar-refractivity contribution < 1.29 is 4.74 Å². The molecule has 0 aliphatic heterocycles. The maximum absolute atomic E-state index is 6.14. The van der Waals surface area contributed by atoms with Crippen molar-refractivity contribution in [3.05, 3.63) is 38.5 Å². The summed E-state index contributed by atoms with van der Waals surface area (Å²) in [5.41, 5.74) is 0. The highest BCUT2D eigenvalue weighted by Gasteiger charge is 2.10. The standard InChI is InChI=1S/C14H14BrCl2N3O/c1-3-4-18-13-7-14(20-8(2)19-13)21-12-6-10(16)9(15)5-11(12)17/h5-7H,3-4H2,1-2H3,(H,18,19,20). The van der Waals surface area contributed by atoms with Gasteiger partial charge in [0, 0.05) is 23.2 Å². The molecule has 1 heterocycles. The van der Waals surface area contributed by atoms with Crippen molar-refractivity contribution in [2.45, 2.75) is 20.3 Å². The molecule has 0 amide bonds. The first-order valence-corrected chi connectivity index (χ1v) is 7.96. The minimum absolute atomic E-state index is 0.418. The van der Waals surface area contributed by atoms with E-state index >= 15 is 0 Å². The molecule has 0 atom stereocenters. The zero-order chi connectivity index (χ0) is 15.4. The number of nitrogens with one attached hydrogen (secondary N) is 1. The van der Waals surface area contributed by atoms with Gasteiger partial charge in [-0.2, -0.15) is 4.98 Å². The number of aryl methyl sites for hydroxylation is 1. The Balaban J connectivity index is 2.27. The van der Waals surface area contributed by atoms with Gasteiger partial charge in [-0.05, 0) is 35.3 Å². The lowest BCUT2D eigenvalue weighted by Gasteiger charge is -2.10. The third kappa shape index (κ3) is 4.46. The van der Waals surface area contributed by atoms with Crippen molar-refractivity contribution >= 4 is 44.9 Å². The smallest absolute Gasteiger partial charge is 0.224 e. The third-order valence-corrected chi connectivity index (χ3v) is 4.05. The number of halogens is 3. The van der Waals surface area contributed by atoms with E-state index in [1.165, 1.54) is 0 Å². The average Bonchev–Trinajstić information content (AvgIpc) is 2.42. The van der Waals surface area contributed by atoms with Crippen LogP contribution in [0, 0.1) is 6.92 Å². The first-order chi connectivity index (χ1) is 9.99. The molecule has 0 saturated heterocycles. The monoisotopic (exact) mass is 389 g/mol. The molecule has 7 heteroatoms. The summed E-state index contributed by atoms with van der Waals surface area (Å²) in [6.45, 7) is 4.73. The van der Waals surface area contributed by atoms with E-state index < -0.39 is 0 Å². The number of rotatable bonds is 5. The van der Waals surface area contributed by atoms with E-state index in [0.29, 0.717) is 32.0 Å². The van der Waals surface area contributed by atoms with Gasteiger partial charge in [-0.1, -0.05) is 30.1 Å². The highest BCUT2D eigenvalue weighted by atomic mass is 79.9. The van der Waals surface area contributed by atoms with Gasteiger partial charge in [-0.25, -0.2) is 4.98 Å². The van der Waals surface area contributed by atoms with Gasteiger partial charge in [0.2, 0.25) is 5.88 Å². The van der Waals surface area contributed by atoms with E-state index in [1.807, 2.05) is 0 Å². The number of hydrogen-bond donors (Lipinski definition) is 1. The molecule has 0 fully saturated rings. The minimum atomic E-state index is 0.418. The van der Waals surface area contributed by atoms with E-state index in [1.54, 1.807) is 25.1 Å². The Hall–Kier alpha value is -1.04. The van der Waals surface area contributed by atoms with Gasteiger partial charge in [-0.3, -0.25) is 0 Å². The fourth-order valence-corrected chi connectivity index (χ4v) is 2.46. The summed E-state index contributed by atoms with van der Waals surface area (Å²) in [5.74, 6) is 2.20. The van der Waals surface area contributed by atoms with Gasteiger partial charge in [0.05, 0.1) is 10.0 Å². The summed E-state index contributed by atoms with van der Waals surface area (Å²) in [6.07, 6.45) is 1.01. The van der Waals surface area contributed by atoms with Crippen LogP contribution in [0.1, 0.15) is 19.2 Å². The van der Waals surface area contributed by atoms with E-state index in [0.717, 1.165) is 18.8 Å². The lowest BCUT2D eigenvalue weighted by atomic mass is 10.3. The van der Waals surface area contributed by atoms with Crippen LogP contribution in [0.3, 0.4) is 0 Å². The van der Waals surface area contributed by atoms with Crippen LogP contribution in [0.5, 0.6) is 11.6 Å². The second-order valence-electron chi connectivity index (χ2n) is 4.36. The molecular formula is C14H14BrCl2N3O. The van der Waals surface area contributed by atoms with Crippen LogP contribution in [0.4, 0.5) is 5.82 Å². The predicted molar refractivity (Wildman–Crippen MR) is 89.8 cm³/mol. The highest BCUT2D eigenvalue weighted by molar-refractivity contribution is 9.10. The van der Waals surface area contributed by atoms with Gasteiger partial charge in [0.15, 0.2) is 0 Å². The van der Waals surface area contributed by atoms with Crippen LogP contribution >= 0.6 is 39.1 Å². The molecule has 0 spiro atoms. The number of hydrogen-bond acceptors (Lipinski definition) is 4. The predicted octanol–water partition coefficient (Wildman–Crippen LogP) is 5.47. The molecule has 21 heavy (non-hydrogen) atoms. The normalized spacial score (nSPS) is 10.5. The number of nitrogens with zero attached hydrogens (tertiary/aromatic N) is 2. The van der Waals surface area contributed by atoms with Crippen LogP contribution in [0.15, 0.2) is 22.7 Å². The fraction of sp³-hybridized carbons (Fsp3) is 0.286. The largest absolute Gasteiger partial charge is 0.437 e. The topological polar surface area (TPSA) is 47.0 Å². The highest BCUT2D eigenvalue weighted by Crippen LogP contribution is 2.36. The van der Waals surface area contributed by atoms with Crippen LogP contribution in [-0.2, 0) is 0 Å². The van der Waals surface area contributed by atoms with E-state index in [9.17, 15) is 0 Å². The molecule has 1 aromatic heterocycles. The SMILES string of the molecule is CCCNc1cc(Oc2cc(Cl)c(Br)cc2Cl)nc(C)n1. The fourth-order valence-electron chi connectivity index (χ4n) is 1.63. The maximum Gasteiger partial charge on any atom is 0.224 e. The molecule has 112 valence electrons. The van der Waals surface area contributed by atoms with Gasteiger partial charge in [0.25, 0.3) is 0 Å². The molecule has 2 aromatic rings. The summed E-state index contributed by atoms with van der Waals surface area (Å²) >= 11 is 15.5. The Morgan fingerprint density at radius 3 is 2.67 bits per heavy atom. The van der Waals surface area contributed by atoms with Crippen molar-refractivity contribution in [2.75, 3.05) is 11.9 Å². The molecule has 0 unspecified atom stereocenters. The molecule has 0 radical (unpaired) electrons. The van der Waals surface area contributed by atoms with Crippen molar-refractivity contribution in [3.63, 3.8) is 0 Å². The number of ether oxygens (including phenoxy) is 1. The molecule has 2 rings (SSSR count). The molecule has 0 saturated carbocycles. The zero-order valence-corrected chi connectivity index (χ0v) is 14.7. The van der Waals surface area contributed by atoms with Crippen LogP contribution < -0.4 is 10.1 Å². The number of anilines is 1. The summed E-state index contributed by atoms with van der Waals surface area (Å²) in [7, 11) is 0. The summed E-state index contributed by atoms with van der Waals surface area (Å²) in [4.78, 5) is 8.54. The zero-order valence-electron chi connectivity index (χ0n) is 11.6. The van der Waals surface area contributed by atoms with Crippen LogP contribution in [-0.4, -0.2) is 16.5 Å². The first kappa shape index (κ1) is 16.3. The van der Waals surface area contributed by atoms with Crippen LogP contribution in [0.2, 0.25) is 10.0 Å². The van der Waals surface area contributed by atoms with E-state index in [4.69, 9.17) is 27.9 Å². The lowest BCUT2D eigenvalue weighted by molar-refractivity contribution is 0.460. The Kier molecular flexibility index (Phi) is 5.67. The second-order valence-corrected chi connectivity index (χ2v) is 6.03. The molecule has 0 bridgehead atoms. The van der Waals surface area contributed by atoms with Gasteiger partial charge < -0.3 is 10.1 Å². The first-order valence-electron chi connectivity index (χ1n) is 6.41. The van der Waals surface area contributed by atoms with Gasteiger partial charge in [-0.15, -0.1) is 0 Å². The van der Waals surface area contributed by atoms with E-state index in [-0.39, 0.29) is 0 Å².